The van der Waals surface area contributed by atoms with Crippen molar-refractivity contribution < 1.29 is 9.18 Å². The molecule has 24 heavy (non-hydrogen) atoms. The van der Waals surface area contributed by atoms with Crippen molar-refractivity contribution in [3.8, 4) is 0 Å². The quantitative estimate of drug-likeness (QED) is 0.652. The number of aromatic nitrogens is 1. The molecular formula is C19H16BrFN2O. The summed E-state index contributed by atoms with van der Waals surface area (Å²) in [5.41, 5.74) is 2.76. The van der Waals surface area contributed by atoms with Gasteiger partial charge in [0.15, 0.2) is 0 Å². The first kappa shape index (κ1) is 16.6. The van der Waals surface area contributed by atoms with Crippen molar-refractivity contribution in [3.63, 3.8) is 0 Å². The Morgan fingerprint density at radius 3 is 2.58 bits per heavy atom. The van der Waals surface area contributed by atoms with E-state index in [0.717, 1.165) is 10.0 Å². The molecule has 1 heterocycles. The van der Waals surface area contributed by atoms with Gasteiger partial charge in [0.25, 0.3) is 5.91 Å². The van der Waals surface area contributed by atoms with E-state index in [0.29, 0.717) is 28.7 Å². The Bertz CT molecular complexity index is 904. The lowest BCUT2D eigenvalue weighted by molar-refractivity contribution is 0.0787. The van der Waals surface area contributed by atoms with E-state index in [1.165, 1.54) is 12.1 Å². The molecule has 0 aliphatic heterocycles. The third-order valence-corrected chi connectivity index (χ3v) is 4.34. The summed E-state index contributed by atoms with van der Waals surface area (Å²) < 4.78 is 14.4. The van der Waals surface area contributed by atoms with E-state index in [-0.39, 0.29) is 11.7 Å². The average Bonchev–Trinajstić information content (AvgIpc) is 2.55. The van der Waals surface area contributed by atoms with E-state index in [2.05, 4.69) is 20.9 Å². The van der Waals surface area contributed by atoms with E-state index < -0.39 is 0 Å². The number of nitrogens with zero attached hydrogens (tertiary/aromatic N) is 2. The highest BCUT2D eigenvalue weighted by Crippen LogP contribution is 2.21. The number of pyridine rings is 1. The topological polar surface area (TPSA) is 33.2 Å². The van der Waals surface area contributed by atoms with Crippen molar-refractivity contribution in [2.75, 3.05) is 7.05 Å². The van der Waals surface area contributed by atoms with E-state index in [4.69, 9.17) is 0 Å². The normalized spacial score (nSPS) is 10.8. The molecular weight excluding hydrogens is 371 g/mol. The summed E-state index contributed by atoms with van der Waals surface area (Å²) in [4.78, 5) is 18.8. The first-order valence-electron chi connectivity index (χ1n) is 7.51. The minimum atomic E-state index is -0.359. The summed E-state index contributed by atoms with van der Waals surface area (Å²) in [5.74, 6) is -0.470. The fraction of sp³-hybridized carbons (Fsp3) is 0.158. The van der Waals surface area contributed by atoms with Crippen LogP contribution in [-0.4, -0.2) is 22.8 Å². The van der Waals surface area contributed by atoms with Crippen LogP contribution >= 0.6 is 15.9 Å². The fourth-order valence-corrected chi connectivity index (χ4v) is 2.92. The van der Waals surface area contributed by atoms with Crippen molar-refractivity contribution in [1.29, 1.82) is 0 Å². The van der Waals surface area contributed by atoms with E-state index in [1.54, 1.807) is 31.0 Å². The molecule has 3 nitrogen and oxygen atoms in total. The van der Waals surface area contributed by atoms with Gasteiger partial charge in [-0.2, -0.15) is 0 Å². The molecule has 0 unspecified atom stereocenters. The second kappa shape index (κ2) is 6.69. The predicted octanol–water partition coefficient (Wildman–Crippen LogP) is 4.72. The second-order valence-corrected chi connectivity index (χ2v) is 6.68. The second-order valence-electron chi connectivity index (χ2n) is 5.76. The molecule has 0 N–H and O–H groups in total. The molecule has 0 aliphatic carbocycles. The molecule has 0 aliphatic rings. The Balaban J connectivity index is 1.94. The van der Waals surface area contributed by atoms with E-state index in [1.807, 2.05) is 24.3 Å². The molecule has 1 amide bonds. The summed E-state index contributed by atoms with van der Waals surface area (Å²) in [7, 11) is 1.76. The van der Waals surface area contributed by atoms with Gasteiger partial charge in [0.05, 0.1) is 11.1 Å². The highest BCUT2D eigenvalue weighted by atomic mass is 79.9. The highest BCUT2D eigenvalue weighted by molar-refractivity contribution is 9.10. The van der Waals surface area contributed by atoms with Gasteiger partial charge in [-0.15, -0.1) is 0 Å². The highest BCUT2D eigenvalue weighted by Gasteiger charge is 2.17. The third-order valence-electron chi connectivity index (χ3n) is 3.81. The van der Waals surface area contributed by atoms with Gasteiger partial charge in [-0.1, -0.05) is 28.1 Å². The van der Waals surface area contributed by atoms with Crippen LogP contribution in [0.15, 0.2) is 53.0 Å². The Kier molecular flexibility index (Phi) is 4.62. The van der Waals surface area contributed by atoms with Crippen LogP contribution in [0.4, 0.5) is 4.39 Å². The number of fused-ring (bicyclic) bond motifs is 1. The molecule has 0 atom stereocenters. The van der Waals surface area contributed by atoms with Gasteiger partial charge in [-0.3, -0.25) is 9.78 Å². The lowest BCUT2D eigenvalue weighted by Crippen LogP contribution is -2.26. The van der Waals surface area contributed by atoms with Gasteiger partial charge < -0.3 is 4.90 Å². The average molecular weight is 387 g/mol. The number of carbonyl (C=O) groups excluding carboxylic acids is 1. The molecule has 3 aromatic rings. The summed E-state index contributed by atoms with van der Waals surface area (Å²) >= 11 is 3.40. The molecule has 0 bridgehead atoms. The zero-order chi connectivity index (χ0) is 17.3. The van der Waals surface area contributed by atoms with Gasteiger partial charge in [0.2, 0.25) is 0 Å². The van der Waals surface area contributed by atoms with Crippen LogP contribution < -0.4 is 0 Å². The minimum absolute atomic E-state index is 0.111. The number of amides is 1. The number of benzene rings is 2. The van der Waals surface area contributed by atoms with Crippen molar-refractivity contribution >= 4 is 32.7 Å². The van der Waals surface area contributed by atoms with Crippen LogP contribution in [0.2, 0.25) is 0 Å². The zero-order valence-corrected chi connectivity index (χ0v) is 15.0. The molecule has 0 spiro atoms. The van der Waals surface area contributed by atoms with Gasteiger partial charge >= 0.3 is 0 Å². The van der Waals surface area contributed by atoms with Gasteiger partial charge in [-0.25, -0.2) is 4.39 Å². The number of carbonyl (C=O) groups is 1. The van der Waals surface area contributed by atoms with Crippen molar-refractivity contribution in [2.24, 2.45) is 0 Å². The minimum Gasteiger partial charge on any atom is -0.337 e. The number of halogens is 2. The SMILES string of the molecule is Cc1cc(C(=O)N(C)Cc2ccc(Br)cc2)c2ccc(F)cc2n1. The maximum atomic E-state index is 13.4. The lowest BCUT2D eigenvalue weighted by Gasteiger charge is -2.19. The molecule has 0 saturated carbocycles. The molecule has 3 rings (SSSR count). The van der Waals surface area contributed by atoms with Crippen molar-refractivity contribution in [1.82, 2.24) is 9.88 Å². The van der Waals surface area contributed by atoms with E-state index in [9.17, 15) is 9.18 Å². The van der Waals surface area contributed by atoms with Crippen LogP contribution in [-0.2, 0) is 6.54 Å². The Hall–Kier alpha value is -2.27. The Morgan fingerprint density at radius 1 is 1.17 bits per heavy atom. The molecule has 5 heteroatoms. The first-order valence-corrected chi connectivity index (χ1v) is 8.30. The standard InChI is InChI=1S/C19H16BrFN2O/c1-12-9-17(16-8-7-15(21)10-18(16)22-12)19(24)23(2)11-13-3-5-14(20)6-4-13/h3-10H,11H2,1-2H3. The molecule has 2 aromatic carbocycles. The van der Waals surface area contributed by atoms with Crippen molar-refractivity contribution in [2.45, 2.75) is 13.5 Å². The molecule has 0 saturated heterocycles. The number of rotatable bonds is 3. The van der Waals surface area contributed by atoms with Gasteiger partial charge in [0, 0.05) is 35.2 Å². The monoisotopic (exact) mass is 386 g/mol. The first-order chi connectivity index (χ1) is 11.4. The van der Waals surface area contributed by atoms with Crippen LogP contribution in [0.3, 0.4) is 0 Å². The number of hydrogen-bond donors (Lipinski definition) is 0. The molecule has 122 valence electrons. The van der Waals surface area contributed by atoms with Crippen molar-refractivity contribution in [3.05, 3.63) is 75.6 Å². The maximum Gasteiger partial charge on any atom is 0.254 e. The largest absolute Gasteiger partial charge is 0.337 e. The van der Waals surface area contributed by atoms with E-state index >= 15 is 0 Å². The molecule has 0 radical (unpaired) electrons. The summed E-state index contributed by atoms with van der Waals surface area (Å²) in [6.45, 7) is 2.30. The Labute approximate surface area is 148 Å². The van der Waals surface area contributed by atoms with Crippen LogP contribution in [0, 0.1) is 12.7 Å². The van der Waals surface area contributed by atoms with Crippen LogP contribution in [0.25, 0.3) is 10.9 Å². The summed E-state index contributed by atoms with van der Waals surface area (Å²) in [5, 5.41) is 0.662. The van der Waals surface area contributed by atoms with Gasteiger partial charge in [0.1, 0.15) is 5.82 Å². The smallest absolute Gasteiger partial charge is 0.254 e. The zero-order valence-electron chi connectivity index (χ0n) is 13.4. The number of hydrogen-bond acceptors (Lipinski definition) is 2. The van der Waals surface area contributed by atoms with Crippen LogP contribution in [0.1, 0.15) is 21.6 Å². The summed E-state index contributed by atoms with van der Waals surface area (Å²) in [6, 6.07) is 13.9. The predicted molar refractivity (Wildman–Crippen MR) is 96.4 cm³/mol. The molecule has 1 aromatic heterocycles. The summed E-state index contributed by atoms with van der Waals surface area (Å²) in [6.07, 6.45) is 0. The Morgan fingerprint density at radius 2 is 1.88 bits per heavy atom. The van der Waals surface area contributed by atoms with Crippen LogP contribution in [0.5, 0.6) is 0 Å². The molecule has 0 fully saturated rings. The maximum absolute atomic E-state index is 13.4. The number of aryl methyl sites for hydroxylation is 1. The van der Waals surface area contributed by atoms with Gasteiger partial charge in [-0.05, 0) is 42.8 Å². The third kappa shape index (κ3) is 3.46. The fourth-order valence-electron chi connectivity index (χ4n) is 2.65. The lowest BCUT2D eigenvalue weighted by atomic mass is 10.1.